The molecule has 0 aliphatic carbocycles. The van der Waals surface area contributed by atoms with E-state index in [1.165, 1.54) is 88.5 Å². The molecule has 0 radical (unpaired) electrons. The van der Waals surface area contributed by atoms with Crippen LogP contribution in [0, 0.1) is 0 Å². The van der Waals surface area contributed by atoms with Crippen LogP contribution in [0.15, 0.2) is 58.3 Å². The molecule has 0 aromatic heterocycles. The van der Waals surface area contributed by atoms with Crippen LogP contribution in [0.5, 0.6) is 0 Å². The fraction of sp³-hybridized carbons (Fsp3) is 0.600. The zero-order valence-corrected chi connectivity index (χ0v) is 27.7. The fourth-order valence-corrected chi connectivity index (χ4v) is 5.37. The third-order valence-electron chi connectivity index (χ3n) is 6.51. The van der Waals surface area contributed by atoms with Gasteiger partial charge in [0.25, 0.3) is 0 Å². The monoisotopic (exact) mass is 606 g/mol. The molecule has 6 nitrogen and oxygen atoms in total. The Hall–Kier alpha value is -0.480. The van der Waals surface area contributed by atoms with Gasteiger partial charge in [-0.05, 0) is 61.1 Å². The smallest absolute Gasteiger partial charge is 0.744 e. The second-order valence-electron chi connectivity index (χ2n) is 9.95. The van der Waals surface area contributed by atoms with E-state index in [0.29, 0.717) is 0 Å². The molecule has 216 valence electrons. The first-order valence-corrected chi connectivity index (χ1v) is 17.0. The Kier molecular flexibility index (Phi) is 21.9. The van der Waals surface area contributed by atoms with Crippen LogP contribution < -0.4 is 0 Å². The van der Waals surface area contributed by atoms with Gasteiger partial charge in [-0.3, -0.25) is 0 Å². The van der Waals surface area contributed by atoms with E-state index in [1.54, 1.807) is 12.1 Å². The zero-order chi connectivity index (χ0) is 28.3. The van der Waals surface area contributed by atoms with Crippen LogP contribution in [0.4, 0.5) is 0 Å². The minimum absolute atomic E-state index is 0. The molecule has 0 atom stereocenters. The van der Waals surface area contributed by atoms with Crippen LogP contribution in [0.1, 0.15) is 115 Å². The summed E-state index contributed by atoms with van der Waals surface area (Å²) in [5.41, 5.74) is 1.87. The van der Waals surface area contributed by atoms with Crippen molar-refractivity contribution in [2.45, 2.75) is 126 Å². The van der Waals surface area contributed by atoms with E-state index in [1.807, 2.05) is 12.1 Å². The number of aryl methyl sites for hydroxylation is 2. The van der Waals surface area contributed by atoms with Gasteiger partial charge >= 0.3 is 37.7 Å². The summed E-state index contributed by atoms with van der Waals surface area (Å²) < 4.78 is 65.4. The predicted molar refractivity (Wildman–Crippen MR) is 158 cm³/mol. The Labute approximate surface area is 267 Å². The molecule has 0 unspecified atom stereocenters. The minimum Gasteiger partial charge on any atom is -0.744 e. The molecule has 2 aromatic carbocycles. The Bertz CT molecular complexity index is 1030. The molecular formula is C30H46CaO6S2. The molecular weight excluding hydrogens is 561 g/mol. The molecule has 0 fully saturated rings. The number of unbranched alkanes of at least 4 members (excludes halogenated alkanes) is 12. The van der Waals surface area contributed by atoms with Crippen molar-refractivity contribution < 1.29 is 25.9 Å². The summed E-state index contributed by atoms with van der Waals surface area (Å²) in [6.45, 7) is 4.41. The summed E-state index contributed by atoms with van der Waals surface area (Å²) in [6.07, 6.45) is 18.9. The Morgan fingerprint density at radius 2 is 0.821 bits per heavy atom. The van der Waals surface area contributed by atoms with Crippen LogP contribution in [0.2, 0.25) is 0 Å². The summed E-state index contributed by atoms with van der Waals surface area (Å²) in [7, 11) is -8.64. The SMILES string of the molecule is CCCCCCCCCc1cccc(S(=O)(=O)[O-])c1.CCCCCCCCCc1cccc(S(=O)(=O)[O-])c1.[Ca+2]. The van der Waals surface area contributed by atoms with Crippen molar-refractivity contribution in [3.8, 4) is 0 Å². The molecule has 0 saturated carbocycles. The molecule has 39 heavy (non-hydrogen) atoms. The van der Waals surface area contributed by atoms with Crippen molar-refractivity contribution >= 4 is 58.0 Å². The van der Waals surface area contributed by atoms with E-state index in [4.69, 9.17) is 0 Å². The van der Waals surface area contributed by atoms with Crippen LogP contribution in [0.25, 0.3) is 0 Å². The van der Waals surface area contributed by atoms with Crippen LogP contribution >= 0.6 is 0 Å². The van der Waals surface area contributed by atoms with Gasteiger partial charge in [0.1, 0.15) is 20.2 Å². The summed E-state index contributed by atoms with van der Waals surface area (Å²) in [4.78, 5) is -0.235. The van der Waals surface area contributed by atoms with Crippen molar-refractivity contribution in [3.05, 3.63) is 59.7 Å². The van der Waals surface area contributed by atoms with E-state index in [9.17, 15) is 25.9 Å². The molecule has 9 heteroatoms. The molecule has 0 spiro atoms. The van der Waals surface area contributed by atoms with Gasteiger partial charge in [-0.2, -0.15) is 0 Å². The maximum absolute atomic E-state index is 10.9. The molecule has 0 aliphatic heterocycles. The minimum atomic E-state index is -4.32. The van der Waals surface area contributed by atoms with Crippen molar-refractivity contribution in [3.63, 3.8) is 0 Å². The summed E-state index contributed by atoms with van der Waals surface area (Å²) in [5, 5.41) is 0. The second-order valence-corrected chi connectivity index (χ2v) is 12.7. The van der Waals surface area contributed by atoms with Crippen molar-refractivity contribution in [1.82, 2.24) is 0 Å². The first-order chi connectivity index (χ1) is 18.1. The Morgan fingerprint density at radius 3 is 1.13 bits per heavy atom. The molecule has 2 rings (SSSR count). The van der Waals surface area contributed by atoms with E-state index in [0.717, 1.165) is 49.7 Å². The second kappa shape index (κ2) is 22.2. The topological polar surface area (TPSA) is 114 Å². The molecule has 0 bridgehead atoms. The average Bonchev–Trinajstić information content (AvgIpc) is 2.87. The van der Waals surface area contributed by atoms with Crippen molar-refractivity contribution in [2.24, 2.45) is 0 Å². The van der Waals surface area contributed by atoms with E-state index < -0.39 is 20.2 Å². The third-order valence-corrected chi connectivity index (χ3v) is 8.17. The summed E-state index contributed by atoms with van der Waals surface area (Å²) in [6, 6.07) is 12.8. The van der Waals surface area contributed by atoms with Gasteiger partial charge in [-0.1, -0.05) is 115 Å². The number of rotatable bonds is 18. The van der Waals surface area contributed by atoms with Crippen LogP contribution in [-0.4, -0.2) is 63.7 Å². The first kappa shape index (κ1) is 38.5. The first-order valence-electron chi connectivity index (χ1n) is 14.2. The molecule has 0 heterocycles. The number of benzene rings is 2. The van der Waals surface area contributed by atoms with Gasteiger partial charge in [0.2, 0.25) is 0 Å². The zero-order valence-electron chi connectivity index (χ0n) is 23.9. The van der Waals surface area contributed by atoms with E-state index in [2.05, 4.69) is 13.8 Å². The van der Waals surface area contributed by atoms with Crippen molar-refractivity contribution in [2.75, 3.05) is 0 Å². The normalized spacial score (nSPS) is 11.4. The number of hydrogen-bond acceptors (Lipinski definition) is 6. The fourth-order valence-electron chi connectivity index (χ4n) is 4.29. The van der Waals surface area contributed by atoms with Gasteiger partial charge in [0.15, 0.2) is 0 Å². The summed E-state index contributed by atoms with van der Waals surface area (Å²) in [5.74, 6) is 0. The van der Waals surface area contributed by atoms with Gasteiger partial charge in [-0.15, -0.1) is 0 Å². The van der Waals surface area contributed by atoms with Crippen LogP contribution in [0.3, 0.4) is 0 Å². The molecule has 0 N–H and O–H groups in total. The van der Waals surface area contributed by atoms with Gasteiger partial charge in [0.05, 0.1) is 9.79 Å². The molecule has 0 amide bonds. The van der Waals surface area contributed by atoms with Crippen molar-refractivity contribution in [1.29, 1.82) is 0 Å². The largest absolute Gasteiger partial charge is 2.00 e. The van der Waals surface area contributed by atoms with E-state index >= 15 is 0 Å². The Morgan fingerprint density at radius 1 is 0.513 bits per heavy atom. The number of hydrogen-bond donors (Lipinski definition) is 0. The van der Waals surface area contributed by atoms with Gasteiger partial charge in [0, 0.05) is 0 Å². The third kappa shape index (κ3) is 19.3. The average molecular weight is 607 g/mol. The summed E-state index contributed by atoms with van der Waals surface area (Å²) >= 11 is 0. The molecule has 0 aliphatic rings. The molecule has 0 saturated heterocycles. The van der Waals surface area contributed by atoms with E-state index in [-0.39, 0.29) is 47.5 Å². The maximum atomic E-state index is 10.9. The Balaban J connectivity index is 0.000000722. The standard InChI is InChI=1S/2C15H24O3S.Ca/c2*1-2-3-4-5-6-7-8-10-14-11-9-12-15(13-14)19(16,17)18;/h2*9,11-13H,2-8,10H2,1H3,(H,16,17,18);/q;;+2/p-2. The van der Waals surface area contributed by atoms with Gasteiger partial charge < -0.3 is 9.11 Å². The molecule has 2 aromatic rings. The quantitative estimate of drug-likeness (QED) is 0.0993. The van der Waals surface area contributed by atoms with Gasteiger partial charge in [-0.25, -0.2) is 16.8 Å². The van der Waals surface area contributed by atoms with Crippen LogP contribution in [-0.2, 0) is 33.1 Å². The maximum Gasteiger partial charge on any atom is 2.00 e. The predicted octanol–water partition coefficient (Wildman–Crippen LogP) is 7.39.